The Morgan fingerprint density at radius 1 is 1.40 bits per heavy atom. The quantitative estimate of drug-likeness (QED) is 0.562. The molecule has 1 N–H and O–H groups in total. The number of halogens is 1. The van der Waals surface area contributed by atoms with E-state index in [1.807, 2.05) is 0 Å². The molecule has 0 spiro atoms. The van der Waals surface area contributed by atoms with Gasteiger partial charge in [0, 0.05) is 0 Å². The summed E-state index contributed by atoms with van der Waals surface area (Å²) in [6.45, 7) is 3.38. The highest BCUT2D eigenvalue weighted by atomic mass is 79.9. The molecule has 4 heteroatoms. The molecule has 0 aliphatic rings. The third kappa shape index (κ3) is 2.47. The van der Waals surface area contributed by atoms with E-state index in [2.05, 4.69) is 15.9 Å². The van der Waals surface area contributed by atoms with Gasteiger partial charge in [0.1, 0.15) is 5.92 Å². The Labute approximate surface area is 67.5 Å². The average molecular weight is 209 g/mol. The Hall–Kier alpha value is -0.380. The van der Waals surface area contributed by atoms with Gasteiger partial charge in [0.15, 0.2) is 0 Å². The van der Waals surface area contributed by atoms with Crippen molar-refractivity contribution >= 4 is 26.6 Å². The number of hydrogen-bond donors (Lipinski definition) is 1. The highest BCUT2D eigenvalue weighted by molar-refractivity contribution is 9.18. The monoisotopic (exact) mass is 208 g/mol. The minimum absolute atomic E-state index is 0.163. The Kier molecular flexibility index (Phi) is 3.57. The first-order valence-electron chi connectivity index (χ1n) is 2.89. The van der Waals surface area contributed by atoms with Gasteiger partial charge in [-0.05, 0) is 21.8 Å². The van der Waals surface area contributed by atoms with Crippen LogP contribution in [0.1, 0.15) is 13.8 Å². The summed E-state index contributed by atoms with van der Waals surface area (Å²) < 4.78 is -0.463. The molecule has 0 saturated heterocycles. The zero-order valence-electron chi connectivity index (χ0n) is 5.80. The Morgan fingerprint density at radius 2 is 1.80 bits per heavy atom. The van der Waals surface area contributed by atoms with Crippen LogP contribution in [0.5, 0.6) is 0 Å². The molecule has 0 aromatic heterocycles. The molecule has 0 aromatic carbocycles. The lowest BCUT2D eigenvalue weighted by Gasteiger charge is -2.09. The number of carboxylic acid groups (broad SMARTS) is 1. The van der Waals surface area contributed by atoms with Crippen LogP contribution in [-0.4, -0.2) is 15.8 Å². The molecule has 0 radical (unpaired) electrons. The highest BCUT2D eigenvalue weighted by Crippen LogP contribution is 2.14. The van der Waals surface area contributed by atoms with E-state index in [0.29, 0.717) is 0 Å². The minimum atomic E-state index is -1.07. The van der Waals surface area contributed by atoms with Crippen molar-refractivity contribution in [2.75, 3.05) is 0 Å². The van der Waals surface area contributed by atoms with Crippen LogP contribution < -0.4 is 0 Å². The van der Waals surface area contributed by atoms with E-state index < -0.39 is 16.6 Å². The SMILES string of the molecule is CC(C)C(C(=O)O)C(=O)Br. The minimum Gasteiger partial charge on any atom is -0.481 e. The van der Waals surface area contributed by atoms with Crippen molar-refractivity contribution in [3.8, 4) is 0 Å². The summed E-state index contributed by atoms with van der Waals surface area (Å²) in [4.78, 5) is 20.9. The van der Waals surface area contributed by atoms with Crippen molar-refractivity contribution in [1.29, 1.82) is 0 Å². The van der Waals surface area contributed by atoms with Gasteiger partial charge in [-0.25, -0.2) is 0 Å². The molecular weight excluding hydrogens is 200 g/mol. The second kappa shape index (κ2) is 3.71. The first kappa shape index (κ1) is 9.62. The predicted octanol–water partition coefficient (Wildman–Crippen LogP) is 1.26. The first-order valence-corrected chi connectivity index (χ1v) is 3.68. The molecule has 1 atom stereocenters. The Balaban J connectivity index is 4.27. The summed E-state index contributed by atoms with van der Waals surface area (Å²) >= 11 is 2.62. The molecule has 0 aromatic rings. The van der Waals surface area contributed by atoms with Crippen LogP contribution in [-0.2, 0) is 9.59 Å². The summed E-state index contributed by atoms with van der Waals surface area (Å²) in [7, 11) is 0. The molecule has 0 aliphatic carbocycles. The predicted molar refractivity (Wildman–Crippen MR) is 39.9 cm³/mol. The maximum Gasteiger partial charge on any atom is 0.315 e. The highest BCUT2D eigenvalue weighted by Gasteiger charge is 2.27. The molecule has 0 fully saturated rings. The van der Waals surface area contributed by atoms with Gasteiger partial charge in [0.2, 0.25) is 4.69 Å². The van der Waals surface area contributed by atoms with Crippen LogP contribution in [0.3, 0.4) is 0 Å². The lowest BCUT2D eigenvalue weighted by molar-refractivity contribution is -0.145. The van der Waals surface area contributed by atoms with Crippen LogP contribution in [0.2, 0.25) is 0 Å². The van der Waals surface area contributed by atoms with E-state index in [1.54, 1.807) is 13.8 Å². The van der Waals surface area contributed by atoms with Crippen LogP contribution in [0.25, 0.3) is 0 Å². The lowest BCUT2D eigenvalue weighted by atomic mass is 9.98. The summed E-state index contributed by atoms with van der Waals surface area (Å²) in [5.74, 6) is -2.15. The summed E-state index contributed by atoms with van der Waals surface area (Å²) in [5, 5.41) is 8.46. The van der Waals surface area contributed by atoms with Crippen molar-refractivity contribution in [2.24, 2.45) is 11.8 Å². The van der Waals surface area contributed by atoms with E-state index in [4.69, 9.17) is 5.11 Å². The summed E-state index contributed by atoms with van der Waals surface area (Å²) in [6.07, 6.45) is 0. The Morgan fingerprint density at radius 3 is 1.80 bits per heavy atom. The molecule has 0 saturated carbocycles. The maximum absolute atomic E-state index is 10.6. The molecule has 1 unspecified atom stereocenters. The van der Waals surface area contributed by atoms with Gasteiger partial charge in [-0.2, -0.15) is 0 Å². The molecule has 0 aliphatic heterocycles. The van der Waals surface area contributed by atoms with Gasteiger partial charge in [0.05, 0.1) is 0 Å². The normalized spacial score (nSPS) is 13.2. The third-order valence-corrected chi connectivity index (χ3v) is 1.67. The second-order valence-electron chi connectivity index (χ2n) is 2.36. The van der Waals surface area contributed by atoms with Crippen molar-refractivity contribution in [1.82, 2.24) is 0 Å². The molecule has 0 bridgehead atoms. The molecule has 0 amide bonds. The summed E-state index contributed by atoms with van der Waals surface area (Å²) in [6, 6.07) is 0. The van der Waals surface area contributed by atoms with Gasteiger partial charge in [-0.1, -0.05) is 13.8 Å². The van der Waals surface area contributed by atoms with Crippen molar-refractivity contribution < 1.29 is 14.7 Å². The van der Waals surface area contributed by atoms with E-state index in [-0.39, 0.29) is 5.92 Å². The number of carbonyl (C=O) groups excluding carboxylic acids is 1. The van der Waals surface area contributed by atoms with Gasteiger partial charge < -0.3 is 5.11 Å². The largest absolute Gasteiger partial charge is 0.481 e. The van der Waals surface area contributed by atoms with E-state index in [9.17, 15) is 9.59 Å². The first-order chi connectivity index (χ1) is 4.46. The van der Waals surface area contributed by atoms with E-state index in [0.717, 1.165) is 0 Å². The molecule has 10 heavy (non-hydrogen) atoms. The fourth-order valence-corrected chi connectivity index (χ4v) is 1.37. The van der Waals surface area contributed by atoms with Gasteiger partial charge >= 0.3 is 5.97 Å². The molecule has 58 valence electrons. The number of hydrogen-bond acceptors (Lipinski definition) is 2. The fourth-order valence-electron chi connectivity index (χ4n) is 0.644. The number of aliphatic carboxylic acids is 1. The lowest BCUT2D eigenvalue weighted by Crippen LogP contribution is -2.24. The number of carboxylic acids is 1. The maximum atomic E-state index is 10.6. The molecule has 0 rings (SSSR count). The number of rotatable bonds is 3. The van der Waals surface area contributed by atoms with Gasteiger partial charge in [-0.3, -0.25) is 9.59 Å². The van der Waals surface area contributed by atoms with Crippen molar-refractivity contribution in [3.05, 3.63) is 0 Å². The number of carbonyl (C=O) groups is 2. The topological polar surface area (TPSA) is 54.4 Å². The van der Waals surface area contributed by atoms with Crippen molar-refractivity contribution in [3.63, 3.8) is 0 Å². The smallest absolute Gasteiger partial charge is 0.315 e. The molecule has 0 heterocycles. The third-order valence-electron chi connectivity index (χ3n) is 1.18. The van der Waals surface area contributed by atoms with Gasteiger partial charge in [-0.15, -0.1) is 0 Å². The van der Waals surface area contributed by atoms with Crippen LogP contribution >= 0.6 is 15.9 Å². The fraction of sp³-hybridized carbons (Fsp3) is 0.667. The van der Waals surface area contributed by atoms with Crippen LogP contribution in [0.4, 0.5) is 0 Å². The zero-order valence-corrected chi connectivity index (χ0v) is 7.38. The Bertz CT molecular complexity index is 139. The van der Waals surface area contributed by atoms with Gasteiger partial charge in [0.25, 0.3) is 0 Å². The van der Waals surface area contributed by atoms with E-state index >= 15 is 0 Å². The molecule has 3 nitrogen and oxygen atoms in total. The zero-order chi connectivity index (χ0) is 8.31. The second-order valence-corrected chi connectivity index (χ2v) is 3.15. The standard InChI is InChI=1S/C6H9BrO3/c1-3(2)4(5(7)8)6(9)10/h3-4H,1-2H3,(H,9,10). The summed E-state index contributed by atoms with van der Waals surface area (Å²) in [5.41, 5.74) is 0. The van der Waals surface area contributed by atoms with Crippen LogP contribution in [0, 0.1) is 11.8 Å². The van der Waals surface area contributed by atoms with Crippen molar-refractivity contribution in [2.45, 2.75) is 13.8 Å². The molecular formula is C6H9BrO3. The van der Waals surface area contributed by atoms with E-state index in [1.165, 1.54) is 0 Å². The average Bonchev–Trinajstić information content (AvgIpc) is 1.59. The van der Waals surface area contributed by atoms with Crippen LogP contribution in [0.15, 0.2) is 0 Å².